The van der Waals surface area contributed by atoms with Gasteiger partial charge in [-0.1, -0.05) is 5.59 Å². The Morgan fingerprint density at radius 3 is 1.76 bits per heavy atom. The van der Waals surface area contributed by atoms with Gasteiger partial charge in [-0.15, -0.1) is 5.53 Å². The molecule has 124 valence electrons. The van der Waals surface area contributed by atoms with Gasteiger partial charge in [0, 0.05) is 6.42 Å². The fraction of sp³-hybridized carbons (Fsp3) is 0.600. The van der Waals surface area contributed by atoms with Gasteiger partial charge in [0.05, 0.1) is 6.42 Å². The molecule has 14 N–H and O–H groups in total. The highest BCUT2D eigenvalue weighted by Gasteiger charge is 2.04. The monoisotopic (exact) mass is 311 g/mol. The van der Waals surface area contributed by atoms with Crippen molar-refractivity contribution in [2.45, 2.75) is 19.8 Å². The number of hydrazine groups is 12. The number of rotatable bonds is 15. The zero-order chi connectivity index (χ0) is 15.8. The average Bonchev–Trinajstić information content (AvgIpc) is 2.46. The zero-order valence-electron chi connectivity index (χ0n) is 11.2. The van der Waals surface area contributed by atoms with Crippen molar-refractivity contribution in [2.24, 2.45) is 5.84 Å². The summed E-state index contributed by atoms with van der Waals surface area (Å²) in [4.78, 5) is 26.1. The molecule has 0 aromatic heterocycles. The maximum absolute atomic E-state index is 11.0. The van der Waals surface area contributed by atoms with Crippen LogP contribution < -0.4 is 72.3 Å². The van der Waals surface area contributed by atoms with Crippen LogP contribution in [-0.2, 0) is 14.4 Å². The lowest BCUT2D eigenvalue weighted by Gasteiger charge is -2.13. The predicted molar refractivity (Wildman–Crippen MR) is 67.8 cm³/mol. The van der Waals surface area contributed by atoms with E-state index in [1.54, 1.807) is 0 Å². The third kappa shape index (κ3) is 16.6. The van der Waals surface area contributed by atoms with E-state index in [0.717, 1.165) is 0 Å². The summed E-state index contributed by atoms with van der Waals surface area (Å²) in [5, 5.41) is 0. The number of nitrogens with two attached hydrogens (primary N) is 1. The first-order chi connectivity index (χ1) is 10.2. The Balaban J connectivity index is 3.12. The third-order valence-corrected chi connectivity index (χ3v) is 1.53. The average molecular weight is 311 g/mol. The van der Waals surface area contributed by atoms with Gasteiger partial charge in [0.15, 0.2) is 0 Å². The Bertz CT molecular complexity index is 277. The van der Waals surface area contributed by atoms with E-state index in [9.17, 15) is 9.59 Å². The molecule has 0 aliphatic rings. The summed E-state index contributed by atoms with van der Waals surface area (Å²) in [5.74, 6) is 4.22. The molecule has 0 spiro atoms. The number of carbonyl (C=O) groups is 2. The van der Waals surface area contributed by atoms with E-state index >= 15 is 0 Å². The first-order valence-electron chi connectivity index (χ1n) is 5.56. The second kappa shape index (κ2) is 15.0. The highest BCUT2D eigenvalue weighted by molar-refractivity contribution is 5.80. The molecule has 0 heterocycles. The van der Waals surface area contributed by atoms with Crippen LogP contribution in [0, 0.1) is 0 Å². The van der Waals surface area contributed by atoms with E-state index in [-0.39, 0.29) is 18.6 Å². The largest absolute Gasteiger partial charge is 0.355 e. The number of ketones is 1. The predicted octanol–water partition coefficient (Wildman–Crippen LogP) is -6.17. The van der Waals surface area contributed by atoms with Gasteiger partial charge in [-0.05, 0) is 6.92 Å². The molecule has 0 bridgehead atoms. The van der Waals surface area contributed by atoms with E-state index < -0.39 is 5.97 Å². The lowest BCUT2D eigenvalue weighted by molar-refractivity contribution is -0.155. The van der Waals surface area contributed by atoms with Gasteiger partial charge in [-0.25, -0.2) is 0 Å². The first-order valence-corrected chi connectivity index (χ1v) is 5.56. The van der Waals surface area contributed by atoms with E-state index in [0.29, 0.717) is 0 Å². The van der Waals surface area contributed by atoms with Crippen LogP contribution in [0.3, 0.4) is 0 Å². The normalized spacial score (nSPS) is 10.6. The Hall–Kier alpha value is -1.38. The molecule has 0 radical (unpaired) electrons. The maximum atomic E-state index is 11.0. The molecule has 0 aliphatic carbocycles. The van der Waals surface area contributed by atoms with Gasteiger partial charge in [0.1, 0.15) is 5.78 Å². The Kier molecular flexibility index (Phi) is 14.0. The zero-order valence-corrected chi connectivity index (χ0v) is 11.2. The second-order valence-corrected chi connectivity index (χ2v) is 3.17. The summed E-state index contributed by atoms with van der Waals surface area (Å²) >= 11 is 0. The molecule has 0 rings (SSSR count). The summed E-state index contributed by atoms with van der Waals surface area (Å²) in [5.41, 5.74) is 27.9. The fourth-order valence-electron chi connectivity index (χ4n) is 0.723. The highest BCUT2D eigenvalue weighted by atomic mass is 16.7. The number of carbonyl (C=O) groups excluding carboxylic acids is 2. The van der Waals surface area contributed by atoms with Crippen molar-refractivity contribution in [2.75, 3.05) is 0 Å². The molecule has 0 aromatic rings. The van der Waals surface area contributed by atoms with Crippen molar-refractivity contribution in [3.8, 4) is 0 Å². The standard InChI is InChI=1S/C5H21N13O3/c1-4(19)2-3-5(20)21-18-17-16-15-14-13-12-11-10-9-8-7-6/h7-18H,2-3,6H2,1H3. The molecule has 0 aromatic carbocycles. The molecule has 16 heteroatoms. The first kappa shape index (κ1) is 19.6. The van der Waals surface area contributed by atoms with E-state index in [4.69, 9.17) is 5.84 Å². The molecule has 0 atom stereocenters. The van der Waals surface area contributed by atoms with Crippen LogP contribution in [-0.4, -0.2) is 11.8 Å². The van der Waals surface area contributed by atoms with Gasteiger partial charge >= 0.3 is 5.97 Å². The number of hydrogen-bond donors (Lipinski definition) is 13. The van der Waals surface area contributed by atoms with Crippen LogP contribution in [0.2, 0.25) is 0 Å². The lowest BCUT2D eigenvalue weighted by Crippen LogP contribution is -2.67. The molecule has 0 fully saturated rings. The molecular weight excluding hydrogens is 290 g/mol. The number of Topliss-reactive ketones (excluding diaryl/α,β-unsaturated/α-hetero) is 1. The SMILES string of the molecule is CC(=O)CCC(=O)ONNNNNNNNNNNNN. The molecule has 0 amide bonds. The lowest BCUT2D eigenvalue weighted by atomic mass is 10.2. The molecule has 0 saturated carbocycles. The summed E-state index contributed by atoms with van der Waals surface area (Å²) < 4.78 is 0. The summed E-state index contributed by atoms with van der Waals surface area (Å²) in [6.07, 6.45) is 0.137. The molecule has 0 aliphatic heterocycles. The highest BCUT2D eigenvalue weighted by Crippen LogP contribution is 1.91. The van der Waals surface area contributed by atoms with Gasteiger partial charge in [0.2, 0.25) is 0 Å². The van der Waals surface area contributed by atoms with E-state index in [1.165, 1.54) is 6.92 Å². The molecule has 0 saturated heterocycles. The van der Waals surface area contributed by atoms with Crippen molar-refractivity contribution in [3.05, 3.63) is 0 Å². The number of nitrogens with one attached hydrogen (secondary N) is 12. The summed E-state index contributed by atoms with van der Waals surface area (Å²) in [6.45, 7) is 1.39. The van der Waals surface area contributed by atoms with Crippen LogP contribution >= 0.6 is 0 Å². The minimum Gasteiger partial charge on any atom is -0.355 e. The minimum atomic E-state index is -0.574. The minimum absolute atomic E-state index is 0.00239. The van der Waals surface area contributed by atoms with Crippen LogP contribution in [0.25, 0.3) is 0 Å². The van der Waals surface area contributed by atoms with Crippen molar-refractivity contribution >= 4 is 11.8 Å². The summed E-state index contributed by atoms with van der Waals surface area (Å²) in [6, 6.07) is 0. The third-order valence-electron chi connectivity index (χ3n) is 1.53. The van der Waals surface area contributed by atoms with Gasteiger partial charge in [-0.2, -0.15) is 55.3 Å². The van der Waals surface area contributed by atoms with Crippen molar-refractivity contribution in [1.29, 1.82) is 0 Å². The fourth-order valence-corrected chi connectivity index (χ4v) is 0.723. The van der Waals surface area contributed by atoms with Crippen molar-refractivity contribution in [1.82, 2.24) is 66.5 Å². The molecule has 16 nitrogen and oxygen atoms in total. The Labute approximate surface area is 119 Å². The molecular formula is C5H21N13O3. The topological polar surface area (TPSA) is 214 Å². The van der Waals surface area contributed by atoms with Gasteiger partial charge in [-0.3, -0.25) is 10.6 Å². The van der Waals surface area contributed by atoms with Crippen LogP contribution in [0.15, 0.2) is 0 Å². The molecule has 0 unspecified atom stereocenters. The van der Waals surface area contributed by atoms with Crippen molar-refractivity contribution in [3.63, 3.8) is 0 Å². The number of hydrogen-bond acceptors (Lipinski definition) is 16. The smallest absolute Gasteiger partial charge is 0.327 e. The van der Waals surface area contributed by atoms with Crippen LogP contribution in [0.4, 0.5) is 0 Å². The Morgan fingerprint density at radius 2 is 1.29 bits per heavy atom. The van der Waals surface area contributed by atoms with Crippen LogP contribution in [0.5, 0.6) is 0 Å². The second-order valence-electron chi connectivity index (χ2n) is 3.17. The van der Waals surface area contributed by atoms with E-state index in [1.807, 2.05) is 0 Å². The van der Waals surface area contributed by atoms with Gasteiger partial charge in [0.25, 0.3) is 0 Å². The quantitative estimate of drug-likeness (QED) is 0.0769. The van der Waals surface area contributed by atoms with Gasteiger partial charge < -0.3 is 9.63 Å². The van der Waals surface area contributed by atoms with Crippen molar-refractivity contribution < 1.29 is 14.4 Å². The van der Waals surface area contributed by atoms with Crippen LogP contribution in [0.1, 0.15) is 19.8 Å². The van der Waals surface area contributed by atoms with E-state index in [2.05, 4.69) is 71.3 Å². The maximum Gasteiger partial charge on any atom is 0.327 e. The molecule has 21 heavy (non-hydrogen) atoms. The summed E-state index contributed by atoms with van der Waals surface area (Å²) in [7, 11) is 0. The Morgan fingerprint density at radius 1 is 0.810 bits per heavy atom.